The lowest BCUT2D eigenvalue weighted by Gasteiger charge is -2.22. The van der Waals surface area contributed by atoms with Crippen molar-refractivity contribution in [3.05, 3.63) is 18.0 Å². The van der Waals surface area contributed by atoms with Crippen LogP contribution < -0.4 is 4.72 Å². The van der Waals surface area contributed by atoms with Gasteiger partial charge in [-0.15, -0.1) is 0 Å². The first-order valence-corrected chi connectivity index (χ1v) is 8.09. The molecule has 0 aliphatic heterocycles. The number of aryl methyl sites for hydroxylation is 1. The molecule has 2 N–H and O–H groups in total. The van der Waals surface area contributed by atoms with E-state index in [0.29, 0.717) is 13.0 Å². The van der Waals surface area contributed by atoms with Crippen molar-refractivity contribution in [3.63, 3.8) is 0 Å². The highest BCUT2D eigenvalue weighted by molar-refractivity contribution is 7.89. The molecule has 1 aromatic heterocycles. The molecule has 0 fully saturated rings. The van der Waals surface area contributed by atoms with Gasteiger partial charge in [0, 0.05) is 26.4 Å². The lowest BCUT2D eigenvalue weighted by atomic mass is 10.1. The monoisotopic (exact) mass is 318 g/mol. The Kier molecular flexibility index (Phi) is 5.54. The summed E-state index contributed by atoms with van der Waals surface area (Å²) in [6.45, 7) is 5.92. The van der Waals surface area contributed by atoms with Crippen molar-refractivity contribution in [2.45, 2.75) is 44.2 Å². The first kappa shape index (κ1) is 17.7. The first-order valence-electron chi connectivity index (χ1n) is 6.61. The Morgan fingerprint density at radius 2 is 2.10 bits per heavy atom. The fourth-order valence-corrected chi connectivity index (χ4v) is 2.90. The predicted octanol–water partition coefficient (Wildman–Crippen LogP) is 1.30. The summed E-state index contributed by atoms with van der Waals surface area (Å²) in [7, 11) is -2.28. The molecule has 1 heterocycles. The summed E-state index contributed by atoms with van der Waals surface area (Å²) in [5.41, 5.74) is -0.683. The normalized spacial score (nSPS) is 12.6. The van der Waals surface area contributed by atoms with E-state index in [0.717, 1.165) is 0 Å². The van der Waals surface area contributed by atoms with Gasteiger partial charge in [0.2, 0.25) is 10.0 Å². The van der Waals surface area contributed by atoms with E-state index in [2.05, 4.69) is 4.72 Å². The van der Waals surface area contributed by atoms with Crippen molar-refractivity contribution < 1.29 is 23.1 Å². The molecular weight excluding hydrogens is 296 g/mol. The number of aromatic nitrogens is 1. The van der Waals surface area contributed by atoms with E-state index in [4.69, 9.17) is 9.84 Å². The van der Waals surface area contributed by atoms with Crippen LogP contribution >= 0.6 is 0 Å². The third-order valence-corrected chi connectivity index (χ3v) is 4.47. The molecule has 0 bridgehead atoms. The third kappa shape index (κ3) is 4.55. The smallest absolute Gasteiger partial charge is 0.352 e. The van der Waals surface area contributed by atoms with Crippen molar-refractivity contribution in [1.29, 1.82) is 0 Å². The van der Waals surface area contributed by atoms with Crippen molar-refractivity contribution in [3.8, 4) is 0 Å². The number of hydrogen-bond acceptors (Lipinski definition) is 4. The summed E-state index contributed by atoms with van der Waals surface area (Å²) < 4.78 is 33.4. The number of nitrogens with one attached hydrogen (secondary N) is 1. The van der Waals surface area contributed by atoms with Gasteiger partial charge in [0.05, 0.1) is 5.60 Å². The van der Waals surface area contributed by atoms with Gasteiger partial charge < -0.3 is 14.4 Å². The van der Waals surface area contributed by atoms with Gasteiger partial charge in [0.1, 0.15) is 10.6 Å². The molecule has 7 nitrogen and oxygen atoms in total. The zero-order valence-corrected chi connectivity index (χ0v) is 13.5. The minimum atomic E-state index is -3.77. The van der Waals surface area contributed by atoms with Gasteiger partial charge in [0.15, 0.2) is 0 Å². The fraction of sp³-hybridized carbons (Fsp3) is 0.615. The second-order valence-electron chi connectivity index (χ2n) is 5.35. The molecule has 0 aromatic carbocycles. The lowest BCUT2D eigenvalue weighted by Crippen LogP contribution is -2.39. The maximum Gasteiger partial charge on any atom is 0.352 e. The maximum absolute atomic E-state index is 12.2. The largest absolute Gasteiger partial charge is 0.477 e. The highest BCUT2D eigenvalue weighted by Crippen LogP contribution is 2.16. The Labute approximate surface area is 125 Å². The number of nitrogens with zero attached hydrogens (tertiary/aromatic N) is 1. The number of methoxy groups -OCH3 is 1. The minimum Gasteiger partial charge on any atom is -0.477 e. The lowest BCUT2D eigenvalue weighted by molar-refractivity contribution is 0.0276. The summed E-state index contributed by atoms with van der Waals surface area (Å²) in [5, 5.41) is 9.11. The van der Waals surface area contributed by atoms with Crippen LogP contribution in [-0.2, 0) is 21.3 Å². The van der Waals surface area contributed by atoms with E-state index >= 15 is 0 Å². The molecule has 0 amide bonds. The molecular formula is C13H22N2O5S. The average Bonchev–Trinajstić information content (AvgIpc) is 2.82. The predicted molar refractivity (Wildman–Crippen MR) is 78.0 cm³/mol. The van der Waals surface area contributed by atoms with Crippen LogP contribution in [-0.4, -0.2) is 43.3 Å². The van der Waals surface area contributed by atoms with Crippen LogP contribution in [0.5, 0.6) is 0 Å². The van der Waals surface area contributed by atoms with E-state index in [-0.39, 0.29) is 17.1 Å². The second kappa shape index (κ2) is 6.59. The molecule has 120 valence electrons. The zero-order valence-electron chi connectivity index (χ0n) is 12.7. The van der Waals surface area contributed by atoms with E-state index in [9.17, 15) is 13.2 Å². The molecule has 0 spiro atoms. The summed E-state index contributed by atoms with van der Waals surface area (Å²) in [4.78, 5) is 11.1. The number of ether oxygens (including phenoxy) is 1. The maximum atomic E-state index is 12.2. The highest BCUT2D eigenvalue weighted by atomic mass is 32.2. The summed E-state index contributed by atoms with van der Waals surface area (Å²) in [6, 6.07) is 1.17. The summed E-state index contributed by atoms with van der Waals surface area (Å²) >= 11 is 0. The van der Waals surface area contributed by atoms with Crippen LogP contribution in [0.25, 0.3) is 0 Å². The first-order chi connectivity index (χ1) is 9.63. The Bertz CT molecular complexity index is 604. The molecule has 1 rings (SSSR count). The number of carbonyl (C=O) groups is 1. The Morgan fingerprint density at radius 3 is 2.57 bits per heavy atom. The number of carboxylic acids is 1. The zero-order chi connectivity index (χ0) is 16.3. The molecule has 0 aliphatic carbocycles. The van der Waals surface area contributed by atoms with Gasteiger partial charge in [-0.2, -0.15) is 0 Å². The summed E-state index contributed by atoms with van der Waals surface area (Å²) in [5.74, 6) is -1.15. The average molecular weight is 318 g/mol. The van der Waals surface area contributed by atoms with E-state index < -0.39 is 21.6 Å². The standard InChI is InChI=1S/C13H22N2O5S/c1-5-6-15-8-10(7-11(15)12(16)17)21(18,19)14-9-13(2,3)20-4/h7-8,14H,5-6,9H2,1-4H3,(H,16,17). The number of aromatic carboxylic acids is 1. The van der Waals surface area contributed by atoms with Gasteiger partial charge >= 0.3 is 5.97 Å². The molecule has 0 aliphatic rings. The molecule has 21 heavy (non-hydrogen) atoms. The molecule has 0 radical (unpaired) electrons. The summed E-state index contributed by atoms with van der Waals surface area (Å²) in [6.07, 6.45) is 2.05. The van der Waals surface area contributed by atoms with Gasteiger partial charge in [-0.3, -0.25) is 0 Å². The Hall–Kier alpha value is -1.38. The molecule has 0 saturated heterocycles. The Balaban J connectivity index is 3.03. The minimum absolute atomic E-state index is 0.0387. The van der Waals surface area contributed by atoms with E-state index in [1.807, 2.05) is 6.92 Å². The quantitative estimate of drug-likeness (QED) is 0.753. The van der Waals surface area contributed by atoms with Crippen molar-refractivity contribution >= 4 is 16.0 Å². The number of carboxylic acid groups (broad SMARTS) is 1. The SMILES string of the molecule is CCCn1cc(S(=O)(=O)NCC(C)(C)OC)cc1C(=O)O. The molecule has 0 atom stereocenters. The van der Waals surface area contributed by atoms with Gasteiger partial charge in [-0.25, -0.2) is 17.9 Å². The van der Waals surface area contributed by atoms with Crippen LogP contribution in [0.2, 0.25) is 0 Å². The third-order valence-electron chi connectivity index (χ3n) is 3.11. The molecule has 8 heteroatoms. The van der Waals surface area contributed by atoms with Crippen LogP contribution in [0.4, 0.5) is 0 Å². The van der Waals surface area contributed by atoms with Crippen LogP contribution in [0.3, 0.4) is 0 Å². The molecule has 0 saturated carbocycles. The van der Waals surface area contributed by atoms with E-state index in [1.165, 1.54) is 23.9 Å². The van der Waals surface area contributed by atoms with E-state index in [1.54, 1.807) is 13.8 Å². The van der Waals surface area contributed by atoms with Crippen molar-refractivity contribution in [2.75, 3.05) is 13.7 Å². The number of rotatable bonds is 8. The Morgan fingerprint density at radius 1 is 1.48 bits per heavy atom. The van der Waals surface area contributed by atoms with Gasteiger partial charge in [-0.1, -0.05) is 6.92 Å². The van der Waals surface area contributed by atoms with Crippen LogP contribution in [0.1, 0.15) is 37.7 Å². The number of hydrogen-bond donors (Lipinski definition) is 2. The van der Waals surface area contributed by atoms with Gasteiger partial charge in [0.25, 0.3) is 0 Å². The van der Waals surface area contributed by atoms with Crippen molar-refractivity contribution in [2.24, 2.45) is 0 Å². The molecule has 1 aromatic rings. The van der Waals surface area contributed by atoms with Crippen LogP contribution in [0, 0.1) is 0 Å². The molecule has 0 unspecified atom stereocenters. The number of sulfonamides is 1. The second-order valence-corrected chi connectivity index (χ2v) is 7.11. The highest BCUT2D eigenvalue weighted by Gasteiger charge is 2.24. The topological polar surface area (TPSA) is 97.6 Å². The van der Waals surface area contributed by atoms with Crippen LogP contribution in [0.15, 0.2) is 17.2 Å². The fourth-order valence-electron chi connectivity index (χ4n) is 1.66. The van der Waals surface area contributed by atoms with Crippen molar-refractivity contribution in [1.82, 2.24) is 9.29 Å². The van der Waals surface area contributed by atoms with Gasteiger partial charge in [-0.05, 0) is 26.3 Å².